The number of carbonyl (C=O) groups excluding carboxylic acids is 1. The molecule has 25 heavy (non-hydrogen) atoms. The lowest BCUT2D eigenvalue weighted by atomic mass is 10.2. The average Bonchev–Trinajstić information content (AvgIpc) is 3.14. The monoisotopic (exact) mass is 374 g/mol. The maximum absolute atomic E-state index is 13.0. The topological polar surface area (TPSA) is 67.3 Å². The largest absolute Gasteiger partial charge is 0.269 e. The summed E-state index contributed by atoms with van der Waals surface area (Å²) in [5, 5.41) is 2.24. The molecule has 0 N–H and O–H groups in total. The second kappa shape index (κ2) is 5.75. The van der Waals surface area contributed by atoms with Gasteiger partial charge in [0.15, 0.2) is 0 Å². The molecular formula is C17H11FN2O3S2. The number of thiazole rings is 1. The van der Waals surface area contributed by atoms with Crippen LogP contribution in [-0.4, -0.2) is 23.6 Å². The van der Waals surface area contributed by atoms with Gasteiger partial charge >= 0.3 is 0 Å². The highest BCUT2D eigenvalue weighted by Crippen LogP contribution is 2.32. The van der Waals surface area contributed by atoms with E-state index in [1.807, 2.05) is 0 Å². The van der Waals surface area contributed by atoms with Gasteiger partial charge in [0, 0.05) is 10.9 Å². The van der Waals surface area contributed by atoms with E-state index in [2.05, 4.69) is 4.98 Å². The van der Waals surface area contributed by atoms with Crippen molar-refractivity contribution in [3.63, 3.8) is 0 Å². The van der Waals surface area contributed by atoms with Crippen molar-refractivity contribution >= 4 is 27.3 Å². The Balaban J connectivity index is 1.64. The van der Waals surface area contributed by atoms with Crippen molar-refractivity contribution in [3.05, 3.63) is 70.3 Å². The Morgan fingerprint density at radius 2 is 1.80 bits per heavy atom. The van der Waals surface area contributed by atoms with Crippen molar-refractivity contribution in [3.8, 4) is 11.3 Å². The van der Waals surface area contributed by atoms with Crippen LogP contribution >= 0.6 is 11.3 Å². The van der Waals surface area contributed by atoms with Gasteiger partial charge in [0.05, 0.1) is 17.8 Å². The molecule has 2 heterocycles. The van der Waals surface area contributed by atoms with Crippen molar-refractivity contribution in [1.29, 1.82) is 0 Å². The van der Waals surface area contributed by atoms with Gasteiger partial charge in [0.1, 0.15) is 15.7 Å². The van der Waals surface area contributed by atoms with Crippen LogP contribution in [0.2, 0.25) is 0 Å². The first kappa shape index (κ1) is 15.9. The Hall–Kier alpha value is -2.58. The smallest absolute Gasteiger partial charge is 0.268 e. The van der Waals surface area contributed by atoms with E-state index in [0.29, 0.717) is 10.7 Å². The Morgan fingerprint density at radius 1 is 1.08 bits per heavy atom. The number of nitrogens with zero attached hydrogens (tertiary/aromatic N) is 2. The van der Waals surface area contributed by atoms with Crippen molar-refractivity contribution < 1.29 is 17.6 Å². The lowest BCUT2D eigenvalue weighted by Crippen LogP contribution is -2.29. The van der Waals surface area contributed by atoms with E-state index < -0.39 is 15.9 Å². The molecule has 0 saturated carbocycles. The van der Waals surface area contributed by atoms with Gasteiger partial charge in [-0.1, -0.05) is 12.1 Å². The molecule has 1 amide bonds. The first-order chi connectivity index (χ1) is 12.0. The molecule has 0 spiro atoms. The molecule has 0 bridgehead atoms. The predicted molar refractivity (Wildman–Crippen MR) is 91.0 cm³/mol. The fourth-order valence-electron chi connectivity index (χ4n) is 2.65. The SMILES string of the molecule is O=C1c2ccccc2S(=O)(=O)N1Cc1nc(-c2ccc(F)cc2)cs1. The van der Waals surface area contributed by atoms with Crippen molar-refractivity contribution in [2.75, 3.05) is 0 Å². The fraction of sp³-hybridized carbons (Fsp3) is 0.0588. The van der Waals surface area contributed by atoms with Crippen LogP contribution in [0.3, 0.4) is 0 Å². The quantitative estimate of drug-likeness (QED) is 0.706. The number of amides is 1. The molecule has 126 valence electrons. The molecule has 3 aromatic rings. The molecule has 4 rings (SSSR count). The fourth-order valence-corrected chi connectivity index (χ4v) is 5.05. The van der Waals surface area contributed by atoms with Gasteiger partial charge in [-0.15, -0.1) is 11.3 Å². The van der Waals surface area contributed by atoms with E-state index in [1.165, 1.54) is 35.6 Å². The standard InChI is InChI=1S/C17H11FN2O3S2/c18-12-7-5-11(6-8-12)14-10-24-16(19-14)9-20-17(21)13-3-1-2-4-15(13)25(20,22)23/h1-8,10H,9H2. The highest BCUT2D eigenvalue weighted by molar-refractivity contribution is 7.90. The van der Waals surface area contributed by atoms with Gasteiger partial charge in [-0.25, -0.2) is 22.1 Å². The van der Waals surface area contributed by atoms with Gasteiger partial charge in [-0.05, 0) is 36.4 Å². The van der Waals surface area contributed by atoms with E-state index in [0.717, 1.165) is 9.87 Å². The number of fused-ring (bicyclic) bond motifs is 1. The van der Waals surface area contributed by atoms with Gasteiger partial charge in [0.25, 0.3) is 15.9 Å². The number of sulfonamides is 1. The van der Waals surface area contributed by atoms with Gasteiger partial charge < -0.3 is 0 Å². The molecule has 0 fully saturated rings. The van der Waals surface area contributed by atoms with Crippen LogP contribution in [0, 0.1) is 5.82 Å². The highest BCUT2D eigenvalue weighted by atomic mass is 32.2. The molecule has 8 heteroatoms. The van der Waals surface area contributed by atoms with Crippen LogP contribution in [0.5, 0.6) is 0 Å². The first-order valence-corrected chi connectivity index (χ1v) is 9.65. The molecule has 0 unspecified atom stereocenters. The summed E-state index contributed by atoms with van der Waals surface area (Å²) in [6.07, 6.45) is 0. The molecular weight excluding hydrogens is 363 g/mol. The van der Waals surface area contributed by atoms with Gasteiger partial charge in [0.2, 0.25) is 0 Å². The third-order valence-electron chi connectivity index (χ3n) is 3.88. The van der Waals surface area contributed by atoms with E-state index >= 15 is 0 Å². The second-order valence-corrected chi connectivity index (χ2v) is 8.22. The predicted octanol–water partition coefficient (Wildman–Crippen LogP) is 3.29. The van der Waals surface area contributed by atoms with E-state index in [1.54, 1.807) is 29.6 Å². The van der Waals surface area contributed by atoms with Gasteiger partial charge in [-0.2, -0.15) is 0 Å². The number of hydrogen-bond acceptors (Lipinski definition) is 5. The van der Waals surface area contributed by atoms with E-state index in [9.17, 15) is 17.6 Å². The summed E-state index contributed by atoms with van der Waals surface area (Å²) in [5.74, 6) is -0.889. The summed E-state index contributed by atoms with van der Waals surface area (Å²) < 4.78 is 39.0. The molecule has 5 nitrogen and oxygen atoms in total. The number of halogens is 1. The Morgan fingerprint density at radius 3 is 2.52 bits per heavy atom. The maximum Gasteiger partial charge on any atom is 0.269 e. The van der Waals surface area contributed by atoms with Gasteiger partial charge in [-0.3, -0.25) is 4.79 Å². The van der Waals surface area contributed by atoms with Crippen LogP contribution in [0.1, 0.15) is 15.4 Å². The molecule has 0 atom stereocenters. The summed E-state index contributed by atoms with van der Waals surface area (Å²) in [4.78, 5) is 16.8. The van der Waals surface area contributed by atoms with Crippen LogP contribution in [0.4, 0.5) is 4.39 Å². The highest BCUT2D eigenvalue weighted by Gasteiger charge is 2.41. The Kier molecular flexibility index (Phi) is 3.66. The Labute approximate surface area is 147 Å². The average molecular weight is 374 g/mol. The zero-order valence-corrected chi connectivity index (χ0v) is 14.3. The van der Waals surface area contributed by atoms with E-state index in [-0.39, 0.29) is 22.8 Å². The third-order valence-corrected chi connectivity index (χ3v) is 6.50. The first-order valence-electron chi connectivity index (χ1n) is 7.33. The van der Waals surface area contributed by atoms with Crippen LogP contribution in [0.25, 0.3) is 11.3 Å². The number of rotatable bonds is 3. The van der Waals surface area contributed by atoms with Crippen LogP contribution < -0.4 is 0 Å². The number of hydrogen-bond donors (Lipinski definition) is 0. The summed E-state index contributed by atoms with van der Waals surface area (Å²) in [7, 11) is -3.85. The van der Waals surface area contributed by atoms with Crippen molar-refractivity contribution in [1.82, 2.24) is 9.29 Å². The lowest BCUT2D eigenvalue weighted by molar-refractivity contribution is 0.0865. The van der Waals surface area contributed by atoms with Crippen LogP contribution in [-0.2, 0) is 16.6 Å². The number of carbonyl (C=O) groups is 1. The summed E-state index contributed by atoms with van der Waals surface area (Å²) in [6.45, 7) is -0.123. The molecule has 1 aromatic heterocycles. The molecule has 0 saturated heterocycles. The maximum atomic E-state index is 13.0. The molecule has 2 aromatic carbocycles. The normalized spacial score (nSPS) is 15.4. The minimum atomic E-state index is -3.85. The second-order valence-electron chi connectivity index (χ2n) is 5.45. The van der Waals surface area contributed by atoms with E-state index in [4.69, 9.17) is 0 Å². The lowest BCUT2D eigenvalue weighted by Gasteiger charge is -2.12. The summed E-state index contributed by atoms with van der Waals surface area (Å²) in [6, 6.07) is 12.0. The molecule has 0 aliphatic carbocycles. The third kappa shape index (κ3) is 2.63. The number of benzene rings is 2. The number of aromatic nitrogens is 1. The molecule has 1 aliphatic rings. The summed E-state index contributed by atoms with van der Waals surface area (Å²) in [5.41, 5.74) is 1.52. The summed E-state index contributed by atoms with van der Waals surface area (Å²) >= 11 is 1.25. The zero-order valence-electron chi connectivity index (χ0n) is 12.7. The Bertz CT molecular complexity index is 1080. The van der Waals surface area contributed by atoms with Crippen LogP contribution in [0.15, 0.2) is 58.8 Å². The molecule has 1 aliphatic heterocycles. The molecule has 0 radical (unpaired) electrons. The zero-order chi connectivity index (χ0) is 17.6. The minimum Gasteiger partial charge on any atom is -0.268 e. The minimum absolute atomic E-state index is 0.0234. The van der Waals surface area contributed by atoms with Crippen molar-refractivity contribution in [2.45, 2.75) is 11.4 Å². The van der Waals surface area contributed by atoms with Crippen molar-refractivity contribution in [2.24, 2.45) is 0 Å².